The van der Waals surface area contributed by atoms with E-state index in [4.69, 9.17) is 11.6 Å². The van der Waals surface area contributed by atoms with Crippen molar-refractivity contribution in [1.29, 1.82) is 0 Å². The molecule has 24 heavy (non-hydrogen) atoms. The third-order valence-corrected chi connectivity index (χ3v) is 4.50. The summed E-state index contributed by atoms with van der Waals surface area (Å²) in [5, 5.41) is 3.65. The molecule has 1 aliphatic rings. The summed E-state index contributed by atoms with van der Waals surface area (Å²) < 4.78 is 0. The largest absolute Gasteiger partial charge is 0.378 e. The van der Waals surface area contributed by atoms with E-state index in [9.17, 15) is 4.79 Å². The van der Waals surface area contributed by atoms with E-state index in [1.807, 2.05) is 67.5 Å². The molecule has 5 nitrogen and oxygen atoms in total. The highest BCUT2D eigenvalue weighted by atomic mass is 35.5. The van der Waals surface area contributed by atoms with Crippen LogP contribution in [0.15, 0.2) is 48.5 Å². The van der Waals surface area contributed by atoms with E-state index in [-0.39, 0.29) is 18.0 Å². The van der Waals surface area contributed by atoms with Crippen LogP contribution in [0.3, 0.4) is 0 Å². The van der Waals surface area contributed by atoms with Crippen molar-refractivity contribution >= 4 is 28.9 Å². The number of carbonyl (C=O) groups excluding carboxylic acids is 1. The number of anilines is 2. The molecule has 2 unspecified atom stereocenters. The van der Waals surface area contributed by atoms with Crippen LogP contribution in [0.2, 0.25) is 5.02 Å². The maximum Gasteiger partial charge on any atom is 0.242 e. The van der Waals surface area contributed by atoms with Crippen LogP contribution in [0.25, 0.3) is 0 Å². The molecular formula is C18H21ClN4O. The van der Waals surface area contributed by atoms with E-state index in [1.165, 1.54) is 0 Å². The van der Waals surface area contributed by atoms with Crippen LogP contribution in [0.4, 0.5) is 11.4 Å². The highest BCUT2D eigenvalue weighted by Crippen LogP contribution is 2.28. The Bertz CT molecular complexity index is 717. The number of amides is 1. The zero-order valence-electron chi connectivity index (χ0n) is 13.7. The van der Waals surface area contributed by atoms with Crippen LogP contribution in [0.1, 0.15) is 18.0 Å². The maximum absolute atomic E-state index is 12.4. The van der Waals surface area contributed by atoms with Crippen molar-refractivity contribution in [3.05, 3.63) is 59.1 Å². The molecule has 3 rings (SSSR count). The Morgan fingerprint density at radius 3 is 2.50 bits per heavy atom. The zero-order chi connectivity index (χ0) is 17.1. The summed E-state index contributed by atoms with van der Waals surface area (Å²) in [4.78, 5) is 14.5. The predicted octanol–water partition coefficient (Wildman–Crippen LogP) is 2.95. The molecule has 3 N–H and O–H groups in total. The number of nitrogens with one attached hydrogen (secondary N) is 3. The van der Waals surface area contributed by atoms with E-state index in [2.05, 4.69) is 16.2 Å². The normalized spacial score (nSPS) is 20.0. The third kappa shape index (κ3) is 3.70. The second-order valence-corrected chi connectivity index (χ2v) is 6.49. The summed E-state index contributed by atoms with van der Waals surface area (Å²) in [5.74, 6) is -0.0605. The van der Waals surface area contributed by atoms with Crippen molar-refractivity contribution in [2.24, 2.45) is 0 Å². The fourth-order valence-electron chi connectivity index (χ4n) is 2.76. The molecule has 0 spiro atoms. The Hall–Kier alpha value is -2.08. The molecule has 2 aromatic carbocycles. The summed E-state index contributed by atoms with van der Waals surface area (Å²) in [7, 11) is 3.97. The lowest BCUT2D eigenvalue weighted by Crippen LogP contribution is -2.39. The van der Waals surface area contributed by atoms with Gasteiger partial charge >= 0.3 is 0 Å². The smallest absolute Gasteiger partial charge is 0.242 e. The fraction of sp³-hybridized carbons (Fsp3) is 0.278. The quantitative estimate of drug-likeness (QED) is 0.798. The monoisotopic (exact) mass is 344 g/mol. The van der Waals surface area contributed by atoms with Gasteiger partial charge in [-0.1, -0.05) is 29.8 Å². The van der Waals surface area contributed by atoms with Crippen molar-refractivity contribution < 1.29 is 4.79 Å². The standard InChI is InChI=1S/C18H21ClN4O/c1-23(2)13-9-7-12(8-10-13)20-18(24)17-11-16(21-22-17)14-5-3-4-6-15(14)19/h3-10,16-17,21-22H,11H2,1-2H3,(H,20,24). The Morgan fingerprint density at radius 2 is 1.83 bits per heavy atom. The van der Waals surface area contributed by atoms with Gasteiger partial charge < -0.3 is 10.2 Å². The van der Waals surface area contributed by atoms with Gasteiger partial charge in [0.05, 0.1) is 0 Å². The first kappa shape index (κ1) is 16.8. The molecular weight excluding hydrogens is 324 g/mol. The van der Waals surface area contributed by atoms with Crippen LogP contribution in [0.5, 0.6) is 0 Å². The van der Waals surface area contributed by atoms with Gasteiger partial charge in [0, 0.05) is 36.5 Å². The molecule has 0 bridgehead atoms. The Balaban J connectivity index is 1.61. The third-order valence-electron chi connectivity index (χ3n) is 4.15. The molecule has 0 aromatic heterocycles. The molecule has 6 heteroatoms. The highest BCUT2D eigenvalue weighted by Gasteiger charge is 2.31. The number of nitrogens with zero attached hydrogens (tertiary/aromatic N) is 1. The molecule has 1 saturated heterocycles. The van der Waals surface area contributed by atoms with Crippen LogP contribution in [-0.4, -0.2) is 26.0 Å². The van der Waals surface area contributed by atoms with Crippen LogP contribution >= 0.6 is 11.6 Å². The molecule has 0 radical (unpaired) electrons. The number of carbonyl (C=O) groups is 1. The summed E-state index contributed by atoms with van der Waals surface area (Å²) in [6.07, 6.45) is 0.644. The number of hydrogen-bond acceptors (Lipinski definition) is 4. The topological polar surface area (TPSA) is 56.4 Å². The van der Waals surface area contributed by atoms with Gasteiger partial charge in [0.1, 0.15) is 6.04 Å². The average Bonchev–Trinajstić information content (AvgIpc) is 3.05. The Labute approximate surface area is 147 Å². The van der Waals surface area contributed by atoms with Crippen molar-refractivity contribution in [3.8, 4) is 0 Å². The van der Waals surface area contributed by atoms with Gasteiger partial charge in [-0.05, 0) is 42.3 Å². The second kappa shape index (κ2) is 7.21. The van der Waals surface area contributed by atoms with Crippen molar-refractivity contribution in [3.63, 3.8) is 0 Å². The SMILES string of the molecule is CN(C)c1ccc(NC(=O)C2CC(c3ccccc3Cl)NN2)cc1. The maximum atomic E-state index is 12.4. The first-order chi connectivity index (χ1) is 11.5. The van der Waals surface area contributed by atoms with Gasteiger partial charge in [0.25, 0.3) is 0 Å². The van der Waals surface area contributed by atoms with E-state index in [0.717, 1.165) is 16.9 Å². The van der Waals surface area contributed by atoms with Gasteiger partial charge in [-0.3, -0.25) is 4.79 Å². The molecule has 126 valence electrons. The summed E-state index contributed by atoms with van der Waals surface area (Å²) in [5.41, 5.74) is 9.08. The summed E-state index contributed by atoms with van der Waals surface area (Å²) in [6, 6.07) is 15.1. The van der Waals surface area contributed by atoms with Crippen LogP contribution in [-0.2, 0) is 4.79 Å². The average molecular weight is 345 g/mol. The first-order valence-corrected chi connectivity index (χ1v) is 8.26. The van der Waals surface area contributed by atoms with Gasteiger partial charge in [0.2, 0.25) is 5.91 Å². The Kier molecular flexibility index (Phi) is 5.04. The molecule has 2 aromatic rings. The van der Waals surface area contributed by atoms with Gasteiger partial charge in [0.15, 0.2) is 0 Å². The van der Waals surface area contributed by atoms with E-state index in [0.29, 0.717) is 11.4 Å². The van der Waals surface area contributed by atoms with Gasteiger partial charge in [-0.15, -0.1) is 0 Å². The molecule has 0 saturated carbocycles. The van der Waals surface area contributed by atoms with Crippen LogP contribution in [0, 0.1) is 0 Å². The minimum atomic E-state index is -0.306. The molecule has 1 aliphatic heterocycles. The van der Waals surface area contributed by atoms with Crippen molar-refractivity contribution in [2.75, 3.05) is 24.3 Å². The van der Waals surface area contributed by atoms with E-state index < -0.39 is 0 Å². The second-order valence-electron chi connectivity index (χ2n) is 6.08. The molecule has 2 atom stereocenters. The summed E-state index contributed by atoms with van der Waals surface area (Å²) >= 11 is 6.23. The van der Waals surface area contributed by atoms with Crippen molar-refractivity contribution in [2.45, 2.75) is 18.5 Å². The Morgan fingerprint density at radius 1 is 1.12 bits per heavy atom. The van der Waals surface area contributed by atoms with E-state index in [1.54, 1.807) is 0 Å². The number of hydrogen-bond donors (Lipinski definition) is 3. The zero-order valence-corrected chi connectivity index (χ0v) is 14.5. The minimum Gasteiger partial charge on any atom is -0.378 e. The lowest BCUT2D eigenvalue weighted by molar-refractivity contribution is -0.117. The number of halogens is 1. The predicted molar refractivity (Wildman–Crippen MR) is 98.3 cm³/mol. The number of hydrazine groups is 1. The molecule has 1 heterocycles. The lowest BCUT2D eigenvalue weighted by atomic mass is 10.0. The first-order valence-electron chi connectivity index (χ1n) is 7.88. The number of benzene rings is 2. The van der Waals surface area contributed by atoms with Crippen LogP contribution < -0.4 is 21.1 Å². The van der Waals surface area contributed by atoms with Gasteiger partial charge in [-0.2, -0.15) is 0 Å². The van der Waals surface area contributed by atoms with Gasteiger partial charge in [-0.25, -0.2) is 10.9 Å². The minimum absolute atomic E-state index is 0.0190. The molecule has 1 amide bonds. The molecule has 0 aliphatic carbocycles. The highest BCUT2D eigenvalue weighted by molar-refractivity contribution is 6.31. The fourth-order valence-corrected chi connectivity index (χ4v) is 3.03. The number of rotatable bonds is 4. The summed E-state index contributed by atoms with van der Waals surface area (Å²) in [6.45, 7) is 0. The lowest BCUT2D eigenvalue weighted by Gasteiger charge is -2.14. The van der Waals surface area contributed by atoms with Crippen molar-refractivity contribution in [1.82, 2.24) is 10.9 Å². The molecule has 1 fully saturated rings. The van der Waals surface area contributed by atoms with E-state index >= 15 is 0 Å².